The Morgan fingerprint density at radius 3 is 2.00 bits per heavy atom. The van der Waals surface area contributed by atoms with Crippen LogP contribution in [0, 0.1) is 64.6 Å². The monoisotopic (exact) mass is 530 g/mol. The van der Waals surface area contributed by atoms with E-state index in [1.807, 2.05) is 33.8 Å². The van der Waals surface area contributed by atoms with E-state index in [9.17, 15) is 14.4 Å². The number of ether oxygens (including phenoxy) is 2. The molecule has 2 bridgehead atoms. The van der Waals surface area contributed by atoms with Crippen molar-refractivity contribution in [2.75, 3.05) is 0 Å². The summed E-state index contributed by atoms with van der Waals surface area (Å²) < 4.78 is 10.5. The molecule has 5 heteroatoms. The summed E-state index contributed by atoms with van der Waals surface area (Å²) in [4.78, 5) is 36.2. The molecule has 4 saturated carbocycles. The lowest BCUT2D eigenvalue weighted by atomic mass is 9.67. The molecule has 5 fully saturated rings. The van der Waals surface area contributed by atoms with Gasteiger partial charge in [0.1, 0.15) is 5.60 Å². The zero-order valence-corrected chi connectivity index (χ0v) is 23.5. The predicted molar refractivity (Wildman–Crippen MR) is 153 cm³/mol. The Labute approximate surface area is 232 Å². The van der Waals surface area contributed by atoms with E-state index in [4.69, 9.17) is 9.47 Å². The van der Waals surface area contributed by atoms with Crippen molar-refractivity contribution in [1.82, 2.24) is 0 Å². The Kier molecular flexibility index (Phi) is 9.93. The van der Waals surface area contributed by atoms with Gasteiger partial charge < -0.3 is 9.47 Å². The fourth-order valence-corrected chi connectivity index (χ4v) is 8.79. The molecule has 11 unspecified atom stereocenters. The number of carbonyl (C=O) groups excluding carboxylic acids is 3. The first kappa shape index (κ1) is 32.3. The van der Waals surface area contributed by atoms with Gasteiger partial charge in [0.2, 0.25) is 0 Å². The van der Waals surface area contributed by atoms with Crippen molar-refractivity contribution in [1.29, 1.82) is 0 Å². The maximum atomic E-state index is 12.4. The highest BCUT2D eigenvalue weighted by atomic mass is 16.6. The van der Waals surface area contributed by atoms with E-state index in [-0.39, 0.29) is 50.0 Å². The van der Waals surface area contributed by atoms with Crippen LogP contribution in [0.15, 0.2) is 24.3 Å². The summed E-state index contributed by atoms with van der Waals surface area (Å²) in [5, 5.41) is 0. The third-order valence-corrected chi connectivity index (χ3v) is 9.80. The second-order valence-electron chi connectivity index (χ2n) is 13.5. The van der Waals surface area contributed by atoms with Gasteiger partial charge in [0.25, 0.3) is 0 Å². The van der Waals surface area contributed by atoms with E-state index in [1.165, 1.54) is 6.42 Å². The van der Waals surface area contributed by atoms with Gasteiger partial charge in [0.15, 0.2) is 0 Å². The fourth-order valence-electron chi connectivity index (χ4n) is 8.79. The molecule has 4 aliphatic carbocycles. The van der Waals surface area contributed by atoms with Crippen molar-refractivity contribution in [2.24, 2.45) is 64.6 Å². The van der Waals surface area contributed by atoms with Gasteiger partial charge >= 0.3 is 17.9 Å². The zero-order valence-electron chi connectivity index (χ0n) is 23.5. The van der Waals surface area contributed by atoms with E-state index in [1.54, 1.807) is 0 Å². The van der Waals surface area contributed by atoms with Gasteiger partial charge in [-0.2, -0.15) is 0 Å². The summed E-state index contributed by atoms with van der Waals surface area (Å²) in [6, 6.07) is 0. The summed E-state index contributed by atoms with van der Waals surface area (Å²) in [6.07, 6.45) is 13.0. The number of hydrogen-bond donors (Lipinski definition) is 0. The minimum Gasteiger partial charge on any atom is -0.460 e. The highest BCUT2D eigenvalue weighted by molar-refractivity contribution is 5.97. The summed E-state index contributed by atoms with van der Waals surface area (Å²) in [6.45, 7) is 16.5. The van der Waals surface area contributed by atoms with Gasteiger partial charge in [-0.1, -0.05) is 53.0 Å². The lowest BCUT2D eigenvalue weighted by molar-refractivity contribution is -0.168. The van der Waals surface area contributed by atoms with Crippen LogP contribution in [0.4, 0.5) is 0 Å². The third-order valence-electron chi connectivity index (χ3n) is 9.80. The number of fused-ring (bicyclic) bond motifs is 8. The molecule has 216 valence electrons. The van der Waals surface area contributed by atoms with E-state index < -0.39 is 5.60 Å². The first-order chi connectivity index (χ1) is 16.8. The topological polar surface area (TPSA) is 69.7 Å². The second kappa shape index (κ2) is 11.7. The SMILES string of the molecule is C.C.C/C=C/C1CC(C)C2C3CC(C4C(=O)OC(=O)C34)C12.C/C=C/C1CC(C)CC1(C)C(=O)OC(C)(C)C. The van der Waals surface area contributed by atoms with Gasteiger partial charge in [-0.25, -0.2) is 0 Å². The molecule has 1 aliphatic heterocycles. The van der Waals surface area contributed by atoms with E-state index in [0.29, 0.717) is 47.3 Å². The molecule has 1 saturated heterocycles. The van der Waals surface area contributed by atoms with Crippen molar-refractivity contribution in [3.8, 4) is 0 Å². The number of hydrogen-bond acceptors (Lipinski definition) is 5. The molecule has 0 N–H and O–H groups in total. The summed E-state index contributed by atoms with van der Waals surface area (Å²) >= 11 is 0. The van der Waals surface area contributed by atoms with Crippen LogP contribution in [0.3, 0.4) is 0 Å². The summed E-state index contributed by atoms with van der Waals surface area (Å²) in [7, 11) is 0. The molecule has 0 aromatic heterocycles. The molecule has 11 atom stereocenters. The molecule has 0 aromatic rings. The summed E-state index contributed by atoms with van der Waals surface area (Å²) in [5.74, 6) is 3.49. The molecule has 5 nitrogen and oxygen atoms in total. The van der Waals surface area contributed by atoms with Gasteiger partial charge in [0.05, 0.1) is 17.3 Å². The van der Waals surface area contributed by atoms with Crippen LogP contribution < -0.4 is 0 Å². The van der Waals surface area contributed by atoms with Gasteiger partial charge in [-0.3, -0.25) is 14.4 Å². The highest BCUT2D eigenvalue weighted by Gasteiger charge is 2.69. The Morgan fingerprint density at radius 1 is 0.921 bits per heavy atom. The molecule has 5 aliphatic rings. The minimum atomic E-state index is -0.396. The van der Waals surface area contributed by atoms with Crippen molar-refractivity contribution >= 4 is 17.9 Å². The number of esters is 3. The van der Waals surface area contributed by atoms with Crippen molar-refractivity contribution in [3.05, 3.63) is 24.3 Å². The molecular weight excluding hydrogens is 476 g/mol. The summed E-state index contributed by atoms with van der Waals surface area (Å²) in [5.41, 5.74) is -0.744. The van der Waals surface area contributed by atoms with Crippen LogP contribution in [0.1, 0.15) is 95.9 Å². The highest BCUT2D eigenvalue weighted by Crippen LogP contribution is 2.68. The van der Waals surface area contributed by atoms with Crippen molar-refractivity contribution < 1.29 is 23.9 Å². The molecule has 1 heterocycles. The second-order valence-corrected chi connectivity index (χ2v) is 13.5. The molecule has 0 amide bonds. The van der Waals surface area contributed by atoms with Crippen LogP contribution in [-0.2, 0) is 23.9 Å². The lowest BCUT2D eigenvalue weighted by Gasteiger charge is -2.34. The van der Waals surface area contributed by atoms with E-state index in [2.05, 4.69) is 45.9 Å². The Bertz CT molecular complexity index is 942. The quantitative estimate of drug-likeness (QED) is 0.213. The average Bonchev–Trinajstić information content (AvgIpc) is 3.53. The Hall–Kier alpha value is -1.91. The number of cyclic esters (lactones) is 2. The first-order valence-electron chi connectivity index (χ1n) is 14.1. The zero-order chi connectivity index (χ0) is 26.6. The molecule has 0 spiro atoms. The van der Waals surface area contributed by atoms with Gasteiger partial charge in [-0.15, -0.1) is 0 Å². The molecule has 38 heavy (non-hydrogen) atoms. The Balaban J connectivity index is 0.000000256. The largest absolute Gasteiger partial charge is 0.460 e. The first-order valence-corrected chi connectivity index (χ1v) is 14.1. The maximum absolute atomic E-state index is 12.4. The standard InChI is InChI=1S/C16H20O3.C15H26O2.2CH4/c1-3-4-8-5-7(2)11-9-6-10(12(8)11)14-13(9)15(17)19-16(14)18;1-7-8-12-9-11(2)10-15(12,6)13(16)17-14(3,4)5;;/h3-4,7-14H,5-6H2,1-2H3;7-8,11-12H,9-10H2,1-6H3;2*1H4/b4-3+;8-7+;;. The van der Waals surface area contributed by atoms with Crippen LogP contribution in [0.25, 0.3) is 0 Å². The van der Waals surface area contributed by atoms with Crippen LogP contribution >= 0.6 is 0 Å². The maximum Gasteiger partial charge on any atom is 0.317 e. The predicted octanol–water partition coefficient (Wildman–Crippen LogP) is 7.65. The molecule has 0 radical (unpaired) electrons. The number of rotatable bonds is 3. The Morgan fingerprint density at radius 2 is 1.47 bits per heavy atom. The van der Waals surface area contributed by atoms with E-state index >= 15 is 0 Å². The van der Waals surface area contributed by atoms with Gasteiger partial charge in [-0.05, 0) is 115 Å². The average molecular weight is 531 g/mol. The van der Waals surface area contributed by atoms with Crippen LogP contribution in [-0.4, -0.2) is 23.5 Å². The molecule has 0 aromatic carbocycles. The van der Waals surface area contributed by atoms with E-state index in [0.717, 1.165) is 19.3 Å². The van der Waals surface area contributed by atoms with Crippen LogP contribution in [0.5, 0.6) is 0 Å². The molecular formula is C33H54O5. The van der Waals surface area contributed by atoms with Crippen molar-refractivity contribution in [3.63, 3.8) is 0 Å². The van der Waals surface area contributed by atoms with Gasteiger partial charge in [0, 0.05) is 0 Å². The minimum absolute atomic E-state index is 0. The smallest absolute Gasteiger partial charge is 0.317 e. The van der Waals surface area contributed by atoms with Crippen LogP contribution in [0.2, 0.25) is 0 Å². The molecule has 5 rings (SSSR count). The normalized spacial score (nSPS) is 42.7. The van der Waals surface area contributed by atoms with Crippen molar-refractivity contribution in [2.45, 2.75) is 102 Å². The third kappa shape index (κ3) is 5.54. The number of carbonyl (C=O) groups is 3. The lowest BCUT2D eigenvalue weighted by Crippen LogP contribution is -2.37. The number of allylic oxidation sites excluding steroid dienone is 4. The fraction of sp³-hybridized carbons (Fsp3) is 0.788.